The number of benzene rings is 1. The SMILES string of the molecule is CC(N)N1C(=N)CCc2cc(-c3cncc(C(F)(F)F)c3)ccc21. The van der Waals surface area contributed by atoms with E-state index in [4.69, 9.17) is 11.1 Å². The van der Waals surface area contributed by atoms with Gasteiger partial charge in [-0.3, -0.25) is 10.4 Å². The van der Waals surface area contributed by atoms with Gasteiger partial charge in [0.2, 0.25) is 0 Å². The number of halogens is 3. The number of amidine groups is 1. The van der Waals surface area contributed by atoms with E-state index >= 15 is 0 Å². The minimum atomic E-state index is -4.42. The van der Waals surface area contributed by atoms with E-state index in [1.165, 1.54) is 6.20 Å². The Labute approximate surface area is 137 Å². The zero-order chi connectivity index (χ0) is 17.5. The number of hydrogen-bond donors (Lipinski definition) is 2. The molecular formula is C17H17F3N4. The lowest BCUT2D eigenvalue weighted by molar-refractivity contribution is -0.137. The molecule has 1 unspecified atom stereocenters. The van der Waals surface area contributed by atoms with Gasteiger partial charge in [-0.05, 0) is 42.7 Å². The molecule has 0 amide bonds. The molecule has 3 N–H and O–H groups in total. The zero-order valence-corrected chi connectivity index (χ0v) is 13.1. The van der Waals surface area contributed by atoms with E-state index in [2.05, 4.69) is 4.98 Å². The average molecular weight is 334 g/mol. The Kier molecular flexibility index (Phi) is 4.04. The second kappa shape index (κ2) is 5.90. The summed E-state index contributed by atoms with van der Waals surface area (Å²) >= 11 is 0. The number of fused-ring (bicyclic) bond motifs is 1. The molecule has 0 bridgehead atoms. The fraction of sp³-hybridized carbons (Fsp3) is 0.294. The number of pyridine rings is 1. The molecule has 2 aromatic rings. The van der Waals surface area contributed by atoms with Gasteiger partial charge >= 0.3 is 6.18 Å². The first kappa shape index (κ1) is 16.4. The van der Waals surface area contributed by atoms with Crippen LogP contribution in [0.15, 0.2) is 36.7 Å². The Balaban J connectivity index is 2.02. The Bertz CT molecular complexity index is 784. The van der Waals surface area contributed by atoms with Crippen molar-refractivity contribution in [3.05, 3.63) is 47.8 Å². The average Bonchev–Trinajstić information content (AvgIpc) is 2.53. The summed E-state index contributed by atoms with van der Waals surface area (Å²) in [6, 6.07) is 6.50. The Hall–Kier alpha value is -2.41. The van der Waals surface area contributed by atoms with Crippen LogP contribution in [0.4, 0.5) is 18.9 Å². The van der Waals surface area contributed by atoms with Gasteiger partial charge in [-0.2, -0.15) is 13.2 Å². The molecular weight excluding hydrogens is 317 g/mol. The number of rotatable bonds is 2. The number of aromatic nitrogens is 1. The molecule has 1 atom stereocenters. The van der Waals surface area contributed by atoms with Crippen molar-refractivity contribution in [1.29, 1.82) is 5.41 Å². The molecule has 1 aromatic carbocycles. The van der Waals surface area contributed by atoms with Crippen LogP contribution in [0, 0.1) is 5.41 Å². The lowest BCUT2D eigenvalue weighted by Crippen LogP contribution is -2.46. The summed E-state index contributed by atoms with van der Waals surface area (Å²) in [5.41, 5.74) is 8.07. The maximum Gasteiger partial charge on any atom is 0.417 e. The van der Waals surface area contributed by atoms with E-state index < -0.39 is 11.7 Å². The Morgan fingerprint density at radius 1 is 1.17 bits per heavy atom. The molecule has 24 heavy (non-hydrogen) atoms. The van der Waals surface area contributed by atoms with Gasteiger partial charge in [0, 0.05) is 30.1 Å². The normalized spacial score (nSPS) is 16.0. The highest BCUT2D eigenvalue weighted by molar-refractivity contribution is 5.99. The monoisotopic (exact) mass is 334 g/mol. The fourth-order valence-electron chi connectivity index (χ4n) is 2.94. The smallest absolute Gasteiger partial charge is 0.315 e. The van der Waals surface area contributed by atoms with Crippen LogP contribution >= 0.6 is 0 Å². The van der Waals surface area contributed by atoms with Gasteiger partial charge in [0.15, 0.2) is 0 Å². The number of anilines is 1. The van der Waals surface area contributed by atoms with Gasteiger partial charge in [-0.1, -0.05) is 6.07 Å². The van der Waals surface area contributed by atoms with Crippen molar-refractivity contribution in [2.75, 3.05) is 4.90 Å². The van der Waals surface area contributed by atoms with Crippen molar-refractivity contribution in [1.82, 2.24) is 4.98 Å². The second-order valence-electron chi connectivity index (χ2n) is 5.86. The predicted molar refractivity (Wildman–Crippen MR) is 86.9 cm³/mol. The molecule has 0 spiro atoms. The number of aryl methyl sites for hydroxylation is 1. The van der Waals surface area contributed by atoms with Crippen molar-refractivity contribution in [3.63, 3.8) is 0 Å². The van der Waals surface area contributed by atoms with Crippen LogP contribution < -0.4 is 10.6 Å². The summed E-state index contributed by atoms with van der Waals surface area (Å²) in [7, 11) is 0. The number of hydrogen-bond acceptors (Lipinski definition) is 3. The summed E-state index contributed by atoms with van der Waals surface area (Å²) in [5, 5.41) is 8.03. The highest BCUT2D eigenvalue weighted by Gasteiger charge is 2.31. The van der Waals surface area contributed by atoms with Crippen molar-refractivity contribution in [2.24, 2.45) is 5.73 Å². The Morgan fingerprint density at radius 3 is 2.58 bits per heavy atom. The minimum Gasteiger partial charge on any atom is -0.315 e. The third-order valence-corrected chi connectivity index (χ3v) is 4.07. The van der Waals surface area contributed by atoms with E-state index in [0.717, 1.165) is 23.5 Å². The first-order valence-electron chi connectivity index (χ1n) is 7.55. The third kappa shape index (κ3) is 2.99. The van der Waals surface area contributed by atoms with Crippen LogP contribution in [-0.2, 0) is 12.6 Å². The van der Waals surface area contributed by atoms with E-state index in [0.29, 0.717) is 29.8 Å². The van der Waals surface area contributed by atoms with Gasteiger partial charge in [-0.25, -0.2) is 0 Å². The highest BCUT2D eigenvalue weighted by atomic mass is 19.4. The van der Waals surface area contributed by atoms with Crippen molar-refractivity contribution in [2.45, 2.75) is 32.1 Å². The molecule has 0 aliphatic carbocycles. The minimum absolute atomic E-state index is 0.336. The molecule has 1 aliphatic rings. The number of alkyl halides is 3. The molecule has 0 radical (unpaired) electrons. The van der Waals surface area contributed by atoms with Crippen LogP contribution in [0.3, 0.4) is 0 Å². The topological polar surface area (TPSA) is 66.0 Å². The lowest BCUT2D eigenvalue weighted by Gasteiger charge is -2.34. The molecule has 0 saturated heterocycles. The van der Waals surface area contributed by atoms with Crippen LogP contribution in [0.5, 0.6) is 0 Å². The maximum absolute atomic E-state index is 12.9. The van der Waals surface area contributed by atoms with E-state index in [1.54, 1.807) is 17.9 Å². The number of nitrogens with one attached hydrogen (secondary N) is 1. The molecule has 1 aromatic heterocycles. The summed E-state index contributed by atoms with van der Waals surface area (Å²) in [5.74, 6) is 0.450. The van der Waals surface area contributed by atoms with Gasteiger partial charge in [0.1, 0.15) is 5.84 Å². The first-order chi connectivity index (χ1) is 11.3. The molecule has 7 heteroatoms. The van der Waals surface area contributed by atoms with E-state index in [1.807, 2.05) is 12.1 Å². The first-order valence-corrected chi connectivity index (χ1v) is 7.55. The predicted octanol–water partition coefficient (Wildman–Crippen LogP) is 3.80. The summed E-state index contributed by atoms with van der Waals surface area (Å²) in [4.78, 5) is 5.45. The second-order valence-corrected chi connectivity index (χ2v) is 5.86. The molecule has 3 rings (SSSR count). The van der Waals surface area contributed by atoms with Crippen molar-refractivity contribution in [3.8, 4) is 11.1 Å². The van der Waals surface area contributed by atoms with Gasteiger partial charge in [0.05, 0.1) is 11.7 Å². The number of nitrogens with two attached hydrogens (primary N) is 1. The highest BCUT2D eigenvalue weighted by Crippen LogP contribution is 2.35. The molecule has 2 heterocycles. The third-order valence-electron chi connectivity index (χ3n) is 4.07. The lowest BCUT2D eigenvalue weighted by atomic mass is 9.95. The molecule has 4 nitrogen and oxygen atoms in total. The van der Waals surface area contributed by atoms with Gasteiger partial charge in [-0.15, -0.1) is 0 Å². The van der Waals surface area contributed by atoms with Crippen LogP contribution in [-0.4, -0.2) is 17.0 Å². The van der Waals surface area contributed by atoms with Crippen molar-refractivity contribution >= 4 is 11.5 Å². The largest absolute Gasteiger partial charge is 0.417 e. The maximum atomic E-state index is 12.9. The molecule has 1 aliphatic heterocycles. The molecule has 126 valence electrons. The Morgan fingerprint density at radius 2 is 1.92 bits per heavy atom. The molecule has 0 saturated carbocycles. The molecule has 0 fully saturated rings. The van der Waals surface area contributed by atoms with Gasteiger partial charge in [0.25, 0.3) is 0 Å². The van der Waals surface area contributed by atoms with Gasteiger partial charge < -0.3 is 10.6 Å². The zero-order valence-electron chi connectivity index (χ0n) is 13.1. The van der Waals surface area contributed by atoms with Crippen LogP contribution in [0.25, 0.3) is 11.1 Å². The van der Waals surface area contributed by atoms with Crippen LogP contribution in [0.1, 0.15) is 24.5 Å². The summed E-state index contributed by atoms with van der Waals surface area (Å²) in [6.45, 7) is 1.80. The summed E-state index contributed by atoms with van der Waals surface area (Å²) in [6.07, 6.45) is -1.29. The fourth-order valence-corrected chi connectivity index (χ4v) is 2.94. The standard InChI is InChI=1S/C17H17F3N4/c1-10(21)24-15-4-2-11(6-12(15)3-5-16(24)22)13-7-14(9-23-8-13)17(18,19)20/h2,4,6-10,22H,3,5,21H2,1H3. The van der Waals surface area contributed by atoms with Crippen molar-refractivity contribution < 1.29 is 13.2 Å². The number of nitrogens with zero attached hydrogens (tertiary/aromatic N) is 2. The van der Waals surface area contributed by atoms with Crippen LogP contribution in [0.2, 0.25) is 0 Å². The van der Waals surface area contributed by atoms with E-state index in [-0.39, 0.29) is 6.17 Å². The summed E-state index contributed by atoms with van der Waals surface area (Å²) < 4.78 is 38.6. The van der Waals surface area contributed by atoms with E-state index in [9.17, 15) is 13.2 Å². The quantitative estimate of drug-likeness (QED) is 0.878.